The third-order valence-electron chi connectivity index (χ3n) is 3.12. The molecule has 0 amide bonds. The van der Waals surface area contributed by atoms with Crippen molar-refractivity contribution in [2.24, 2.45) is 11.3 Å². The summed E-state index contributed by atoms with van der Waals surface area (Å²) >= 11 is 0. The van der Waals surface area contributed by atoms with E-state index in [-0.39, 0.29) is 5.54 Å². The summed E-state index contributed by atoms with van der Waals surface area (Å²) in [4.78, 5) is 0. The molecule has 2 nitrogen and oxygen atoms in total. The number of ether oxygens (including phenoxy) is 1. The van der Waals surface area contributed by atoms with E-state index in [1.165, 1.54) is 0 Å². The summed E-state index contributed by atoms with van der Waals surface area (Å²) in [5.74, 6) is 0.640. The smallest absolute Gasteiger partial charge is 0.0546 e. The van der Waals surface area contributed by atoms with Crippen LogP contribution in [-0.4, -0.2) is 25.3 Å². The zero-order chi connectivity index (χ0) is 13.0. The lowest BCUT2D eigenvalue weighted by atomic mass is 9.77. The molecule has 0 saturated heterocycles. The van der Waals surface area contributed by atoms with Gasteiger partial charge in [-0.15, -0.1) is 0 Å². The molecule has 0 aromatic heterocycles. The predicted molar refractivity (Wildman–Crippen MR) is 71.8 cm³/mol. The van der Waals surface area contributed by atoms with Gasteiger partial charge < -0.3 is 10.1 Å². The van der Waals surface area contributed by atoms with Gasteiger partial charge in [0.15, 0.2) is 0 Å². The standard InChI is InChI=1S/C14H31NO/c1-11(16-8)9-12(13(2,3)4)10-15-14(5,6)7/h11-12,15H,9-10H2,1-8H3. The Balaban J connectivity index is 4.34. The Kier molecular flexibility index (Phi) is 5.99. The quantitative estimate of drug-likeness (QED) is 0.779. The maximum atomic E-state index is 5.38. The van der Waals surface area contributed by atoms with Crippen LogP contribution in [0.15, 0.2) is 0 Å². The fraction of sp³-hybridized carbons (Fsp3) is 1.00. The third kappa shape index (κ3) is 7.24. The van der Waals surface area contributed by atoms with E-state index in [9.17, 15) is 0 Å². The molecule has 0 spiro atoms. The molecule has 0 saturated carbocycles. The molecule has 2 unspecified atom stereocenters. The first-order valence-electron chi connectivity index (χ1n) is 6.34. The summed E-state index contributed by atoms with van der Waals surface area (Å²) in [6, 6.07) is 0. The summed E-state index contributed by atoms with van der Waals surface area (Å²) in [5.41, 5.74) is 0.519. The van der Waals surface area contributed by atoms with E-state index in [2.05, 4.69) is 53.8 Å². The van der Waals surface area contributed by atoms with Gasteiger partial charge in [0.05, 0.1) is 6.10 Å². The molecule has 1 N–H and O–H groups in total. The molecule has 2 heteroatoms. The molecule has 0 radical (unpaired) electrons. The van der Waals surface area contributed by atoms with Crippen LogP contribution in [0.2, 0.25) is 0 Å². The van der Waals surface area contributed by atoms with E-state index >= 15 is 0 Å². The molecule has 0 fully saturated rings. The van der Waals surface area contributed by atoms with Gasteiger partial charge in [0, 0.05) is 12.6 Å². The lowest BCUT2D eigenvalue weighted by Gasteiger charge is -2.35. The number of hydrogen-bond donors (Lipinski definition) is 1. The molecule has 0 aliphatic carbocycles. The summed E-state index contributed by atoms with van der Waals surface area (Å²) in [5, 5.41) is 3.60. The van der Waals surface area contributed by atoms with Gasteiger partial charge in [0.2, 0.25) is 0 Å². The van der Waals surface area contributed by atoms with Crippen molar-refractivity contribution in [3.8, 4) is 0 Å². The lowest BCUT2D eigenvalue weighted by molar-refractivity contribution is 0.0675. The Morgan fingerprint density at radius 1 is 1.06 bits per heavy atom. The molecular formula is C14H31NO. The van der Waals surface area contributed by atoms with Crippen LogP contribution >= 0.6 is 0 Å². The topological polar surface area (TPSA) is 21.3 Å². The van der Waals surface area contributed by atoms with Crippen LogP contribution in [0.1, 0.15) is 54.9 Å². The molecule has 0 aliphatic heterocycles. The summed E-state index contributed by atoms with van der Waals surface area (Å²) in [7, 11) is 1.79. The minimum absolute atomic E-state index is 0.194. The molecule has 0 aliphatic rings. The minimum Gasteiger partial charge on any atom is -0.382 e. The molecule has 2 atom stereocenters. The van der Waals surface area contributed by atoms with E-state index in [4.69, 9.17) is 4.74 Å². The summed E-state index contributed by atoms with van der Waals surface area (Å²) in [6.07, 6.45) is 1.45. The largest absolute Gasteiger partial charge is 0.382 e. The lowest BCUT2D eigenvalue weighted by Crippen LogP contribution is -2.43. The first-order valence-corrected chi connectivity index (χ1v) is 6.34. The normalized spacial score (nSPS) is 17.2. The molecular weight excluding hydrogens is 198 g/mol. The Morgan fingerprint density at radius 2 is 1.56 bits per heavy atom. The molecule has 0 bridgehead atoms. The van der Waals surface area contributed by atoms with Crippen LogP contribution in [0, 0.1) is 11.3 Å². The Hall–Kier alpha value is -0.0800. The molecule has 0 rings (SSSR count). The second-order valence-electron chi connectivity index (χ2n) is 6.98. The number of rotatable bonds is 5. The summed E-state index contributed by atoms with van der Waals surface area (Å²) < 4.78 is 5.38. The van der Waals surface area contributed by atoms with E-state index in [1.807, 2.05) is 0 Å². The minimum atomic E-state index is 0.194. The maximum Gasteiger partial charge on any atom is 0.0546 e. The molecule has 0 aromatic carbocycles. The Labute approximate surface area is 102 Å². The van der Waals surface area contributed by atoms with E-state index in [0.717, 1.165) is 13.0 Å². The average molecular weight is 229 g/mol. The van der Waals surface area contributed by atoms with Gasteiger partial charge in [-0.05, 0) is 52.0 Å². The van der Waals surface area contributed by atoms with Crippen molar-refractivity contribution in [2.45, 2.75) is 66.5 Å². The highest BCUT2D eigenvalue weighted by Crippen LogP contribution is 2.30. The van der Waals surface area contributed by atoms with Gasteiger partial charge in [0.25, 0.3) is 0 Å². The number of hydrogen-bond acceptors (Lipinski definition) is 2. The van der Waals surface area contributed by atoms with Crippen molar-refractivity contribution < 1.29 is 4.74 Å². The molecule has 0 aromatic rings. The highest BCUT2D eigenvalue weighted by Gasteiger charge is 2.27. The van der Waals surface area contributed by atoms with Crippen molar-refractivity contribution >= 4 is 0 Å². The first-order chi connectivity index (χ1) is 7.06. The van der Waals surface area contributed by atoms with Crippen LogP contribution < -0.4 is 5.32 Å². The van der Waals surface area contributed by atoms with Gasteiger partial charge in [-0.1, -0.05) is 20.8 Å². The van der Waals surface area contributed by atoms with Crippen molar-refractivity contribution in [2.75, 3.05) is 13.7 Å². The SMILES string of the molecule is COC(C)CC(CNC(C)(C)C)C(C)(C)C. The summed E-state index contributed by atoms with van der Waals surface area (Å²) in [6.45, 7) is 16.8. The van der Waals surface area contributed by atoms with Crippen LogP contribution in [0.5, 0.6) is 0 Å². The molecule has 0 heterocycles. The maximum absolute atomic E-state index is 5.38. The highest BCUT2D eigenvalue weighted by molar-refractivity contribution is 4.81. The second-order valence-corrected chi connectivity index (χ2v) is 6.98. The van der Waals surface area contributed by atoms with Crippen molar-refractivity contribution in [3.63, 3.8) is 0 Å². The second kappa shape index (κ2) is 6.02. The van der Waals surface area contributed by atoms with Gasteiger partial charge >= 0.3 is 0 Å². The van der Waals surface area contributed by atoms with Crippen molar-refractivity contribution in [1.82, 2.24) is 5.32 Å². The molecule has 98 valence electrons. The fourth-order valence-corrected chi connectivity index (χ4v) is 1.67. The average Bonchev–Trinajstić information content (AvgIpc) is 2.08. The molecule has 16 heavy (non-hydrogen) atoms. The van der Waals surface area contributed by atoms with E-state index < -0.39 is 0 Å². The third-order valence-corrected chi connectivity index (χ3v) is 3.12. The Morgan fingerprint density at radius 3 is 1.88 bits per heavy atom. The van der Waals surface area contributed by atoms with Crippen LogP contribution in [0.4, 0.5) is 0 Å². The van der Waals surface area contributed by atoms with Crippen LogP contribution in [0.25, 0.3) is 0 Å². The number of nitrogens with one attached hydrogen (secondary N) is 1. The highest BCUT2D eigenvalue weighted by atomic mass is 16.5. The van der Waals surface area contributed by atoms with Gasteiger partial charge in [-0.25, -0.2) is 0 Å². The van der Waals surface area contributed by atoms with Gasteiger partial charge in [0.1, 0.15) is 0 Å². The zero-order valence-corrected chi connectivity index (χ0v) is 12.5. The van der Waals surface area contributed by atoms with Crippen LogP contribution in [0.3, 0.4) is 0 Å². The number of methoxy groups -OCH3 is 1. The van der Waals surface area contributed by atoms with E-state index in [1.54, 1.807) is 7.11 Å². The fourth-order valence-electron chi connectivity index (χ4n) is 1.67. The zero-order valence-electron chi connectivity index (χ0n) is 12.5. The Bertz CT molecular complexity index is 188. The monoisotopic (exact) mass is 229 g/mol. The van der Waals surface area contributed by atoms with Crippen molar-refractivity contribution in [1.29, 1.82) is 0 Å². The first kappa shape index (κ1) is 15.9. The van der Waals surface area contributed by atoms with Gasteiger partial charge in [-0.3, -0.25) is 0 Å². The van der Waals surface area contributed by atoms with E-state index in [0.29, 0.717) is 17.4 Å². The van der Waals surface area contributed by atoms with Crippen molar-refractivity contribution in [3.05, 3.63) is 0 Å². The predicted octanol–water partition coefficient (Wildman–Crippen LogP) is 3.46. The van der Waals surface area contributed by atoms with Crippen LogP contribution in [-0.2, 0) is 4.74 Å². The van der Waals surface area contributed by atoms with Gasteiger partial charge in [-0.2, -0.15) is 0 Å².